The highest BCUT2D eigenvalue weighted by molar-refractivity contribution is 6.05. The lowest BCUT2D eigenvalue weighted by Gasteiger charge is -2.30. The number of hydrogen-bond donors (Lipinski definition) is 2. The minimum atomic E-state index is -0.157. The number of fused-ring (bicyclic) bond motifs is 1. The van der Waals surface area contributed by atoms with Gasteiger partial charge in [0, 0.05) is 25.2 Å². The third-order valence-corrected chi connectivity index (χ3v) is 5.90. The van der Waals surface area contributed by atoms with Crippen LogP contribution in [0, 0.1) is 0 Å². The third kappa shape index (κ3) is 4.86. The van der Waals surface area contributed by atoms with Gasteiger partial charge in [0.25, 0.3) is 5.91 Å². The fourth-order valence-corrected chi connectivity index (χ4v) is 4.08. The number of carbonyl (C=O) groups excluding carboxylic acids is 1. The van der Waals surface area contributed by atoms with Crippen molar-refractivity contribution in [1.82, 2.24) is 4.90 Å². The van der Waals surface area contributed by atoms with E-state index >= 15 is 0 Å². The number of para-hydroxylation sites is 2. The summed E-state index contributed by atoms with van der Waals surface area (Å²) in [6.45, 7) is 7.26. The van der Waals surface area contributed by atoms with Gasteiger partial charge < -0.3 is 11.1 Å². The van der Waals surface area contributed by atoms with Crippen molar-refractivity contribution in [3.8, 4) is 0 Å². The maximum atomic E-state index is 12.6. The smallest absolute Gasteiger partial charge is 0.255 e. The van der Waals surface area contributed by atoms with Gasteiger partial charge >= 0.3 is 0 Å². The fourth-order valence-electron chi connectivity index (χ4n) is 4.08. The van der Waals surface area contributed by atoms with Crippen molar-refractivity contribution in [3.63, 3.8) is 0 Å². The number of nitrogens with one attached hydrogen (secondary N) is 1. The average Bonchev–Trinajstić information content (AvgIpc) is 2.79. The quantitative estimate of drug-likeness (QED) is 0.555. The number of nitrogens with two attached hydrogens (primary N) is 1. The lowest BCUT2D eigenvalue weighted by molar-refractivity contribution is 0.102. The number of allylic oxidation sites excluding steroid dienone is 1. The van der Waals surface area contributed by atoms with Gasteiger partial charge in [-0.15, -0.1) is 0 Å². The molecule has 4 rings (SSSR count). The normalized spacial score (nSPS) is 13.4. The molecule has 0 radical (unpaired) electrons. The Kier molecular flexibility index (Phi) is 6.19. The van der Waals surface area contributed by atoms with Crippen LogP contribution in [0.2, 0.25) is 0 Å². The lowest BCUT2D eigenvalue weighted by atomic mass is 9.96. The van der Waals surface area contributed by atoms with Gasteiger partial charge in [-0.1, -0.05) is 54.1 Å². The van der Waals surface area contributed by atoms with E-state index in [4.69, 9.17) is 5.73 Å². The zero-order valence-electron chi connectivity index (χ0n) is 18.2. The molecule has 158 valence electrons. The van der Waals surface area contributed by atoms with Crippen LogP contribution in [0.4, 0.5) is 11.4 Å². The summed E-state index contributed by atoms with van der Waals surface area (Å²) >= 11 is 0. The summed E-state index contributed by atoms with van der Waals surface area (Å²) < 4.78 is 0. The van der Waals surface area contributed by atoms with Crippen LogP contribution in [0.5, 0.6) is 0 Å². The summed E-state index contributed by atoms with van der Waals surface area (Å²) in [7, 11) is 0. The van der Waals surface area contributed by atoms with Crippen molar-refractivity contribution in [3.05, 3.63) is 101 Å². The second-order valence-electron chi connectivity index (χ2n) is 8.33. The number of benzene rings is 3. The molecule has 0 saturated carbocycles. The maximum Gasteiger partial charge on any atom is 0.255 e. The van der Waals surface area contributed by atoms with E-state index in [2.05, 4.69) is 48.3 Å². The van der Waals surface area contributed by atoms with Crippen molar-refractivity contribution in [2.75, 3.05) is 24.1 Å². The highest BCUT2D eigenvalue weighted by atomic mass is 16.1. The number of rotatable bonds is 5. The molecule has 0 unspecified atom stereocenters. The van der Waals surface area contributed by atoms with Crippen molar-refractivity contribution >= 4 is 22.9 Å². The Morgan fingerprint density at radius 1 is 0.903 bits per heavy atom. The molecule has 1 heterocycles. The van der Waals surface area contributed by atoms with E-state index < -0.39 is 0 Å². The van der Waals surface area contributed by atoms with Crippen molar-refractivity contribution < 1.29 is 4.79 Å². The molecule has 0 atom stereocenters. The Morgan fingerprint density at radius 3 is 2.26 bits per heavy atom. The largest absolute Gasteiger partial charge is 0.397 e. The Bertz CT molecular complexity index is 1110. The highest BCUT2D eigenvalue weighted by Gasteiger charge is 2.18. The summed E-state index contributed by atoms with van der Waals surface area (Å²) in [5.41, 5.74) is 14.4. The Balaban J connectivity index is 1.47. The molecule has 0 bridgehead atoms. The van der Waals surface area contributed by atoms with Crippen LogP contribution in [0.1, 0.15) is 40.9 Å². The predicted molar refractivity (Wildman–Crippen MR) is 129 cm³/mol. The van der Waals surface area contributed by atoms with Crippen LogP contribution in [-0.4, -0.2) is 23.9 Å². The first-order chi connectivity index (χ1) is 15.0. The molecule has 4 heteroatoms. The number of amides is 1. The molecule has 31 heavy (non-hydrogen) atoms. The Labute approximate surface area is 184 Å². The van der Waals surface area contributed by atoms with E-state index in [1.807, 2.05) is 36.4 Å². The second-order valence-corrected chi connectivity index (χ2v) is 8.33. The van der Waals surface area contributed by atoms with Crippen molar-refractivity contribution in [1.29, 1.82) is 0 Å². The molecule has 0 aromatic heterocycles. The Morgan fingerprint density at radius 2 is 1.55 bits per heavy atom. The van der Waals surface area contributed by atoms with E-state index in [0.717, 1.165) is 31.6 Å². The SMILES string of the molecule is CC(C)=C(CN1CCc2ccccc2C1)c1ccc(C(=O)Nc2ccccc2N)cc1. The minimum Gasteiger partial charge on any atom is -0.397 e. The maximum absolute atomic E-state index is 12.6. The van der Waals surface area contributed by atoms with Crippen LogP contribution in [0.15, 0.2) is 78.4 Å². The molecule has 0 spiro atoms. The van der Waals surface area contributed by atoms with E-state index in [9.17, 15) is 4.79 Å². The topological polar surface area (TPSA) is 58.4 Å². The highest BCUT2D eigenvalue weighted by Crippen LogP contribution is 2.25. The second kappa shape index (κ2) is 9.19. The van der Waals surface area contributed by atoms with Crippen LogP contribution in [-0.2, 0) is 13.0 Å². The molecule has 3 aromatic carbocycles. The number of anilines is 2. The van der Waals surface area contributed by atoms with Crippen molar-refractivity contribution in [2.45, 2.75) is 26.8 Å². The van der Waals surface area contributed by atoms with Gasteiger partial charge in [0.15, 0.2) is 0 Å². The summed E-state index contributed by atoms with van der Waals surface area (Å²) in [5, 5.41) is 2.89. The molecule has 0 saturated heterocycles. The molecule has 1 amide bonds. The molecule has 3 aromatic rings. The van der Waals surface area contributed by atoms with Gasteiger partial charge in [-0.2, -0.15) is 0 Å². The first-order valence-electron chi connectivity index (χ1n) is 10.7. The average molecular weight is 412 g/mol. The van der Waals surface area contributed by atoms with Gasteiger partial charge in [-0.05, 0) is 66.8 Å². The lowest BCUT2D eigenvalue weighted by Crippen LogP contribution is -2.32. The number of nitrogen functional groups attached to an aromatic ring is 1. The molecule has 3 N–H and O–H groups in total. The number of carbonyl (C=O) groups is 1. The van der Waals surface area contributed by atoms with Gasteiger partial charge in [-0.25, -0.2) is 0 Å². The van der Waals surface area contributed by atoms with Crippen LogP contribution in [0.3, 0.4) is 0 Å². The van der Waals surface area contributed by atoms with Gasteiger partial charge in [-0.3, -0.25) is 9.69 Å². The molecule has 1 aliphatic heterocycles. The standard InChI is InChI=1S/C27H29N3O/c1-19(2)24(18-30-16-15-20-7-3-4-8-23(20)17-30)21-11-13-22(14-12-21)27(31)29-26-10-6-5-9-25(26)28/h3-14H,15-18,28H2,1-2H3,(H,29,31). The summed E-state index contributed by atoms with van der Waals surface area (Å²) in [4.78, 5) is 15.1. The molecule has 0 aliphatic carbocycles. The summed E-state index contributed by atoms with van der Waals surface area (Å²) in [5.74, 6) is -0.157. The number of nitrogens with zero attached hydrogens (tertiary/aromatic N) is 1. The van der Waals surface area contributed by atoms with Gasteiger partial charge in [0.05, 0.1) is 11.4 Å². The first kappa shape index (κ1) is 20.9. The fraction of sp³-hybridized carbons (Fsp3) is 0.222. The Hall–Kier alpha value is -3.37. The van der Waals surface area contributed by atoms with Crippen LogP contribution in [0.25, 0.3) is 5.57 Å². The number of hydrogen-bond acceptors (Lipinski definition) is 3. The van der Waals surface area contributed by atoms with E-state index in [-0.39, 0.29) is 5.91 Å². The minimum absolute atomic E-state index is 0.157. The first-order valence-corrected chi connectivity index (χ1v) is 10.7. The summed E-state index contributed by atoms with van der Waals surface area (Å²) in [6.07, 6.45) is 1.09. The van der Waals surface area contributed by atoms with E-state index in [1.165, 1.54) is 22.3 Å². The molecular formula is C27H29N3O. The molecule has 4 nitrogen and oxygen atoms in total. The van der Waals surface area contributed by atoms with Crippen LogP contribution < -0.4 is 11.1 Å². The monoisotopic (exact) mass is 411 g/mol. The van der Waals surface area contributed by atoms with E-state index in [1.54, 1.807) is 12.1 Å². The third-order valence-electron chi connectivity index (χ3n) is 5.90. The van der Waals surface area contributed by atoms with Gasteiger partial charge in [0.2, 0.25) is 0 Å². The predicted octanol–water partition coefficient (Wildman–Crippen LogP) is 5.37. The van der Waals surface area contributed by atoms with Crippen molar-refractivity contribution in [2.24, 2.45) is 0 Å². The molecule has 1 aliphatic rings. The molecular weight excluding hydrogens is 382 g/mol. The van der Waals surface area contributed by atoms with Gasteiger partial charge in [0.1, 0.15) is 0 Å². The molecule has 0 fully saturated rings. The summed E-state index contributed by atoms with van der Waals surface area (Å²) in [6, 6.07) is 23.9. The zero-order valence-corrected chi connectivity index (χ0v) is 18.2. The van der Waals surface area contributed by atoms with E-state index in [0.29, 0.717) is 16.9 Å². The zero-order chi connectivity index (χ0) is 21.8. The van der Waals surface area contributed by atoms with Crippen LogP contribution >= 0.6 is 0 Å².